The van der Waals surface area contributed by atoms with Gasteiger partial charge in [0.05, 0.1) is 0 Å². The number of hydrogen-bond donors (Lipinski definition) is 1. The Kier molecular flexibility index (Phi) is 5.06. The highest BCUT2D eigenvalue weighted by atomic mass is 15.1. The quantitative estimate of drug-likeness (QED) is 0.806. The van der Waals surface area contributed by atoms with Crippen LogP contribution in [-0.4, -0.2) is 24.5 Å². The van der Waals surface area contributed by atoms with Crippen LogP contribution in [0.4, 0.5) is 5.69 Å². The van der Waals surface area contributed by atoms with Gasteiger partial charge in [0.25, 0.3) is 0 Å². The van der Waals surface area contributed by atoms with Crippen LogP contribution in [0.25, 0.3) is 0 Å². The second-order valence-electron chi connectivity index (χ2n) is 5.57. The van der Waals surface area contributed by atoms with Gasteiger partial charge >= 0.3 is 0 Å². The minimum absolute atomic E-state index is 0.826. The van der Waals surface area contributed by atoms with Crippen molar-refractivity contribution in [3.63, 3.8) is 0 Å². The molecule has 2 nitrogen and oxygen atoms in total. The Morgan fingerprint density at radius 3 is 2.61 bits per heavy atom. The zero-order valence-corrected chi connectivity index (χ0v) is 11.6. The molecule has 2 N–H and O–H groups in total. The zero-order chi connectivity index (χ0) is 12.8. The van der Waals surface area contributed by atoms with Gasteiger partial charge in [0.1, 0.15) is 0 Å². The van der Waals surface area contributed by atoms with Crippen molar-refractivity contribution in [1.82, 2.24) is 4.90 Å². The van der Waals surface area contributed by atoms with Gasteiger partial charge in [-0.3, -0.25) is 0 Å². The van der Waals surface area contributed by atoms with E-state index in [-0.39, 0.29) is 0 Å². The summed E-state index contributed by atoms with van der Waals surface area (Å²) in [6, 6.07) is 9.06. The molecule has 100 valence electrons. The lowest BCUT2D eigenvalue weighted by atomic mass is 9.94. The van der Waals surface area contributed by atoms with Gasteiger partial charge in [0.2, 0.25) is 0 Å². The van der Waals surface area contributed by atoms with Gasteiger partial charge in [-0.15, -0.1) is 0 Å². The van der Waals surface area contributed by atoms with Crippen molar-refractivity contribution in [3.05, 3.63) is 29.8 Å². The molecule has 0 saturated heterocycles. The molecule has 1 fully saturated rings. The van der Waals surface area contributed by atoms with E-state index in [9.17, 15) is 0 Å². The standard InChI is InChI=1S/C16H26N2/c1-18(15-10-3-2-4-11-15)13-7-9-14-8-5-6-12-16(14)17/h5-6,8,12,15H,2-4,7,9-11,13,17H2,1H3. The number of nitrogens with zero attached hydrogens (tertiary/aromatic N) is 1. The fourth-order valence-corrected chi connectivity index (χ4v) is 2.99. The summed E-state index contributed by atoms with van der Waals surface area (Å²) in [4.78, 5) is 2.55. The Balaban J connectivity index is 1.73. The lowest BCUT2D eigenvalue weighted by Gasteiger charge is -2.31. The van der Waals surface area contributed by atoms with Crippen molar-refractivity contribution in [2.45, 2.75) is 51.0 Å². The van der Waals surface area contributed by atoms with Crippen molar-refractivity contribution < 1.29 is 0 Å². The molecule has 2 rings (SSSR count). The van der Waals surface area contributed by atoms with Crippen LogP contribution in [0.15, 0.2) is 24.3 Å². The molecule has 0 unspecified atom stereocenters. The Morgan fingerprint density at radius 1 is 1.17 bits per heavy atom. The molecule has 0 radical (unpaired) electrons. The van der Waals surface area contributed by atoms with E-state index in [1.807, 2.05) is 12.1 Å². The van der Waals surface area contributed by atoms with E-state index in [1.165, 1.54) is 50.6 Å². The van der Waals surface area contributed by atoms with E-state index >= 15 is 0 Å². The van der Waals surface area contributed by atoms with Gasteiger partial charge in [-0.05, 0) is 50.9 Å². The summed E-state index contributed by atoms with van der Waals surface area (Å²) >= 11 is 0. The topological polar surface area (TPSA) is 29.3 Å². The Morgan fingerprint density at radius 2 is 1.89 bits per heavy atom. The highest BCUT2D eigenvalue weighted by Gasteiger charge is 2.17. The van der Waals surface area contributed by atoms with Gasteiger partial charge in [0, 0.05) is 11.7 Å². The lowest BCUT2D eigenvalue weighted by Crippen LogP contribution is -2.34. The van der Waals surface area contributed by atoms with E-state index in [4.69, 9.17) is 5.73 Å². The molecule has 18 heavy (non-hydrogen) atoms. The number of nitrogen functional groups attached to an aromatic ring is 1. The fraction of sp³-hybridized carbons (Fsp3) is 0.625. The number of anilines is 1. The van der Waals surface area contributed by atoms with Gasteiger partial charge in [-0.1, -0.05) is 37.5 Å². The Labute approximate surface area is 111 Å². The first-order valence-electron chi connectivity index (χ1n) is 7.31. The van der Waals surface area contributed by atoms with Crippen LogP contribution in [0.1, 0.15) is 44.1 Å². The molecule has 1 saturated carbocycles. The van der Waals surface area contributed by atoms with Crippen LogP contribution in [-0.2, 0) is 6.42 Å². The van der Waals surface area contributed by atoms with Crippen LogP contribution in [0.3, 0.4) is 0 Å². The van der Waals surface area contributed by atoms with E-state index in [2.05, 4.69) is 24.1 Å². The van der Waals surface area contributed by atoms with Crippen molar-refractivity contribution in [2.24, 2.45) is 0 Å². The molecule has 0 amide bonds. The van der Waals surface area contributed by atoms with Crippen LogP contribution in [0.5, 0.6) is 0 Å². The lowest BCUT2D eigenvalue weighted by molar-refractivity contribution is 0.190. The second kappa shape index (κ2) is 6.79. The van der Waals surface area contributed by atoms with Gasteiger partial charge in [-0.25, -0.2) is 0 Å². The molecule has 1 aromatic rings. The summed E-state index contributed by atoms with van der Waals surface area (Å²) in [6.45, 7) is 1.19. The largest absolute Gasteiger partial charge is 0.399 e. The monoisotopic (exact) mass is 246 g/mol. The summed E-state index contributed by atoms with van der Waals surface area (Å²) in [6.07, 6.45) is 9.37. The van der Waals surface area contributed by atoms with Gasteiger partial charge < -0.3 is 10.6 Å². The SMILES string of the molecule is CN(CCCc1ccccc1N)C1CCCCC1. The predicted molar refractivity (Wildman–Crippen MR) is 78.7 cm³/mol. The summed E-state index contributed by atoms with van der Waals surface area (Å²) in [5.41, 5.74) is 8.21. The van der Waals surface area contributed by atoms with E-state index in [1.54, 1.807) is 0 Å². The van der Waals surface area contributed by atoms with E-state index < -0.39 is 0 Å². The maximum atomic E-state index is 5.97. The molecule has 0 heterocycles. The first-order chi connectivity index (χ1) is 8.77. The average molecular weight is 246 g/mol. The third-order valence-electron chi connectivity index (χ3n) is 4.21. The van der Waals surface area contributed by atoms with Gasteiger partial charge in [-0.2, -0.15) is 0 Å². The summed E-state index contributed by atoms with van der Waals surface area (Å²) in [5, 5.41) is 0. The summed E-state index contributed by atoms with van der Waals surface area (Å²) < 4.78 is 0. The number of nitrogens with two attached hydrogens (primary N) is 1. The predicted octanol–water partition coefficient (Wildman–Crippen LogP) is 3.47. The summed E-state index contributed by atoms with van der Waals surface area (Å²) in [7, 11) is 2.28. The maximum Gasteiger partial charge on any atom is 0.0346 e. The van der Waals surface area contributed by atoms with Crippen molar-refractivity contribution in [2.75, 3.05) is 19.3 Å². The zero-order valence-electron chi connectivity index (χ0n) is 11.6. The van der Waals surface area contributed by atoms with Crippen molar-refractivity contribution in [3.8, 4) is 0 Å². The number of benzene rings is 1. The molecule has 2 heteroatoms. The average Bonchev–Trinajstić information content (AvgIpc) is 2.42. The fourth-order valence-electron chi connectivity index (χ4n) is 2.99. The third-order valence-corrected chi connectivity index (χ3v) is 4.21. The minimum atomic E-state index is 0.826. The third kappa shape index (κ3) is 3.74. The highest BCUT2D eigenvalue weighted by molar-refractivity contribution is 5.46. The van der Waals surface area contributed by atoms with Crippen LogP contribution < -0.4 is 5.73 Å². The molecule has 0 aromatic heterocycles. The molecule has 0 atom stereocenters. The molecule has 0 spiro atoms. The van der Waals surface area contributed by atoms with Crippen LogP contribution in [0.2, 0.25) is 0 Å². The normalized spacial score (nSPS) is 17.2. The number of hydrogen-bond acceptors (Lipinski definition) is 2. The Bertz CT molecular complexity index is 356. The number of para-hydroxylation sites is 1. The molecular formula is C16H26N2. The van der Waals surface area contributed by atoms with Crippen molar-refractivity contribution in [1.29, 1.82) is 0 Å². The second-order valence-corrected chi connectivity index (χ2v) is 5.57. The highest BCUT2D eigenvalue weighted by Crippen LogP contribution is 2.22. The summed E-state index contributed by atoms with van der Waals surface area (Å²) in [5.74, 6) is 0. The van der Waals surface area contributed by atoms with E-state index in [0.29, 0.717) is 0 Å². The number of aryl methyl sites for hydroxylation is 1. The smallest absolute Gasteiger partial charge is 0.0346 e. The Hall–Kier alpha value is -1.02. The minimum Gasteiger partial charge on any atom is -0.399 e. The molecule has 0 bridgehead atoms. The first kappa shape index (κ1) is 13.4. The maximum absolute atomic E-state index is 5.97. The molecule has 0 aliphatic heterocycles. The van der Waals surface area contributed by atoms with E-state index in [0.717, 1.165) is 18.2 Å². The molecule has 1 aliphatic carbocycles. The number of rotatable bonds is 5. The molecule has 1 aromatic carbocycles. The van der Waals surface area contributed by atoms with Crippen molar-refractivity contribution >= 4 is 5.69 Å². The van der Waals surface area contributed by atoms with Crippen LogP contribution >= 0.6 is 0 Å². The first-order valence-corrected chi connectivity index (χ1v) is 7.31. The molecular weight excluding hydrogens is 220 g/mol. The van der Waals surface area contributed by atoms with Gasteiger partial charge in [0.15, 0.2) is 0 Å². The van der Waals surface area contributed by atoms with Crippen LogP contribution in [0, 0.1) is 0 Å². The molecule has 1 aliphatic rings.